The number of benzene rings is 1. The lowest BCUT2D eigenvalue weighted by molar-refractivity contribution is 0.0792. The summed E-state index contributed by atoms with van der Waals surface area (Å²) in [6, 6.07) is 8.79. The average molecular weight is 517 g/mol. The third-order valence-corrected chi connectivity index (χ3v) is 5.25. The van der Waals surface area contributed by atoms with Crippen molar-refractivity contribution in [1.82, 2.24) is 15.5 Å². The number of hydrogen-bond donors (Lipinski definition) is 3. The van der Waals surface area contributed by atoms with Crippen LogP contribution in [0.5, 0.6) is 0 Å². The molecule has 0 aliphatic carbocycles. The molecule has 1 aromatic carbocycles. The van der Waals surface area contributed by atoms with Gasteiger partial charge in [-0.25, -0.2) is 4.99 Å². The molecule has 1 heterocycles. The van der Waals surface area contributed by atoms with Gasteiger partial charge in [0.25, 0.3) is 0 Å². The van der Waals surface area contributed by atoms with Crippen LogP contribution in [0, 0.1) is 5.92 Å². The third kappa shape index (κ3) is 11.2. The fourth-order valence-electron chi connectivity index (χ4n) is 3.48. The minimum atomic E-state index is -0.105. The fourth-order valence-corrected chi connectivity index (χ4v) is 3.48. The van der Waals surface area contributed by atoms with Gasteiger partial charge in [0.15, 0.2) is 5.96 Å². The lowest BCUT2D eigenvalue weighted by Crippen LogP contribution is -2.37. The number of guanidine groups is 1. The molecular formula is C23H41IN4O. The van der Waals surface area contributed by atoms with E-state index in [-0.39, 0.29) is 30.1 Å². The molecule has 0 spiro atoms. The van der Waals surface area contributed by atoms with E-state index in [0.717, 1.165) is 57.4 Å². The molecule has 1 aromatic rings. The van der Waals surface area contributed by atoms with Crippen molar-refractivity contribution in [3.63, 3.8) is 0 Å². The Kier molecular flexibility index (Phi) is 13.6. The van der Waals surface area contributed by atoms with Crippen LogP contribution in [0.3, 0.4) is 0 Å². The first-order valence-electron chi connectivity index (χ1n) is 11.1. The van der Waals surface area contributed by atoms with Gasteiger partial charge in [0.05, 0.1) is 12.6 Å². The monoisotopic (exact) mass is 516 g/mol. The highest BCUT2D eigenvalue weighted by atomic mass is 127. The van der Waals surface area contributed by atoms with E-state index in [1.807, 2.05) is 0 Å². The molecule has 0 bridgehead atoms. The number of unbranched alkanes of at least 4 members (excludes halogenated alkanes) is 1. The smallest absolute Gasteiger partial charge is 0.191 e. The van der Waals surface area contributed by atoms with Crippen LogP contribution in [0.15, 0.2) is 29.3 Å². The van der Waals surface area contributed by atoms with Gasteiger partial charge >= 0.3 is 0 Å². The Morgan fingerprint density at radius 1 is 1.10 bits per heavy atom. The molecule has 1 saturated heterocycles. The van der Waals surface area contributed by atoms with Crippen LogP contribution >= 0.6 is 24.0 Å². The van der Waals surface area contributed by atoms with Crippen molar-refractivity contribution in [2.45, 2.75) is 72.1 Å². The summed E-state index contributed by atoms with van der Waals surface area (Å²) in [5.74, 6) is 1.69. The zero-order valence-corrected chi connectivity index (χ0v) is 20.8. The SMILES string of the molecule is CCNC(=NCc1ccc(CN2CCC(O)CC2)cc1)NCCCCC(C)C.I. The van der Waals surface area contributed by atoms with Crippen LogP contribution in [0.2, 0.25) is 0 Å². The van der Waals surface area contributed by atoms with Gasteiger partial charge in [-0.2, -0.15) is 0 Å². The first-order chi connectivity index (χ1) is 13.6. The van der Waals surface area contributed by atoms with Gasteiger partial charge < -0.3 is 15.7 Å². The number of piperidine rings is 1. The molecule has 6 heteroatoms. The molecule has 2 rings (SSSR count). The van der Waals surface area contributed by atoms with E-state index in [4.69, 9.17) is 4.99 Å². The summed E-state index contributed by atoms with van der Waals surface area (Å²) in [5, 5.41) is 16.4. The van der Waals surface area contributed by atoms with Crippen LogP contribution < -0.4 is 10.6 Å². The Bertz CT molecular complexity index is 569. The molecule has 166 valence electrons. The van der Waals surface area contributed by atoms with Gasteiger partial charge in [-0.1, -0.05) is 51.0 Å². The molecule has 0 atom stereocenters. The number of likely N-dealkylation sites (tertiary alicyclic amines) is 1. The van der Waals surface area contributed by atoms with Crippen LogP contribution in [0.1, 0.15) is 64.0 Å². The van der Waals surface area contributed by atoms with Crippen molar-refractivity contribution in [2.24, 2.45) is 10.9 Å². The molecule has 0 unspecified atom stereocenters. The summed E-state index contributed by atoms with van der Waals surface area (Å²) in [7, 11) is 0. The maximum absolute atomic E-state index is 9.62. The summed E-state index contributed by atoms with van der Waals surface area (Å²) >= 11 is 0. The van der Waals surface area contributed by atoms with Gasteiger partial charge in [-0.05, 0) is 43.2 Å². The fraction of sp³-hybridized carbons (Fsp3) is 0.696. The molecule has 3 N–H and O–H groups in total. The minimum Gasteiger partial charge on any atom is -0.393 e. The second kappa shape index (κ2) is 15.0. The van der Waals surface area contributed by atoms with Gasteiger partial charge in [-0.15, -0.1) is 24.0 Å². The maximum atomic E-state index is 9.62. The van der Waals surface area contributed by atoms with Gasteiger partial charge in [-0.3, -0.25) is 4.90 Å². The summed E-state index contributed by atoms with van der Waals surface area (Å²) in [6.07, 6.45) is 5.42. The molecule has 1 aliphatic rings. The number of aliphatic hydroxyl groups excluding tert-OH is 1. The third-order valence-electron chi connectivity index (χ3n) is 5.25. The van der Waals surface area contributed by atoms with E-state index in [1.54, 1.807) is 0 Å². The molecular weight excluding hydrogens is 475 g/mol. The minimum absolute atomic E-state index is 0. The summed E-state index contributed by atoms with van der Waals surface area (Å²) in [4.78, 5) is 7.15. The number of rotatable bonds is 10. The van der Waals surface area contributed by atoms with Crippen LogP contribution in [-0.2, 0) is 13.1 Å². The van der Waals surface area contributed by atoms with Crippen molar-refractivity contribution < 1.29 is 5.11 Å². The second-order valence-corrected chi connectivity index (χ2v) is 8.34. The Morgan fingerprint density at radius 2 is 1.76 bits per heavy atom. The average Bonchev–Trinajstić information content (AvgIpc) is 2.68. The van der Waals surface area contributed by atoms with Crippen molar-refractivity contribution in [2.75, 3.05) is 26.2 Å². The van der Waals surface area contributed by atoms with Crippen LogP contribution in [0.25, 0.3) is 0 Å². The van der Waals surface area contributed by atoms with E-state index < -0.39 is 0 Å². The van der Waals surface area contributed by atoms with E-state index in [2.05, 4.69) is 60.6 Å². The lowest BCUT2D eigenvalue weighted by Gasteiger charge is -2.29. The van der Waals surface area contributed by atoms with Crippen molar-refractivity contribution in [1.29, 1.82) is 0 Å². The normalized spacial score (nSPS) is 16.0. The highest BCUT2D eigenvalue weighted by Gasteiger charge is 2.16. The second-order valence-electron chi connectivity index (χ2n) is 8.34. The zero-order chi connectivity index (χ0) is 20.2. The van der Waals surface area contributed by atoms with Gasteiger partial charge in [0.1, 0.15) is 0 Å². The topological polar surface area (TPSA) is 59.9 Å². The van der Waals surface area contributed by atoms with Gasteiger partial charge in [0, 0.05) is 32.7 Å². The molecule has 1 fully saturated rings. The Labute approximate surface area is 194 Å². The quantitative estimate of drug-likeness (QED) is 0.189. The van der Waals surface area contributed by atoms with E-state index in [1.165, 1.54) is 30.4 Å². The first-order valence-corrected chi connectivity index (χ1v) is 11.1. The molecule has 0 amide bonds. The summed E-state index contributed by atoms with van der Waals surface area (Å²) in [6.45, 7) is 12.1. The molecule has 0 radical (unpaired) electrons. The molecule has 5 nitrogen and oxygen atoms in total. The van der Waals surface area contributed by atoms with Crippen molar-refractivity contribution in [3.05, 3.63) is 35.4 Å². The predicted molar refractivity (Wildman–Crippen MR) is 134 cm³/mol. The summed E-state index contributed by atoms with van der Waals surface area (Å²) in [5.41, 5.74) is 2.56. The van der Waals surface area contributed by atoms with Gasteiger partial charge in [0.2, 0.25) is 0 Å². The Hall–Kier alpha value is -0.860. The summed E-state index contributed by atoms with van der Waals surface area (Å²) < 4.78 is 0. The molecule has 1 aliphatic heterocycles. The zero-order valence-electron chi connectivity index (χ0n) is 18.5. The van der Waals surface area contributed by atoms with Crippen molar-refractivity contribution in [3.8, 4) is 0 Å². The lowest BCUT2D eigenvalue weighted by atomic mass is 10.1. The number of nitrogens with zero attached hydrogens (tertiary/aromatic N) is 2. The highest BCUT2D eigenvalue weighted by Crippen LogP contribution is 2.14. The van der Waals surface area contributed by atoms with E-state index in [0.29, 0.717) is 6.54 Å². The Balaban J connectivity index is 0.00000420. The number of hydrogen-bond acceptors (Lipinski definition) is 3. The largest absolute Gasteiger partial charge is 0.393 e. The maximum Gasteiger partial charge on any atom is 0.191 e. The van der Waals surface area contributed by atoms with Crippen LogP contribution in [0.4, 0.5) is 0 Å². The molecule has 0 aromatic heterocycles. The Morgan fingerprint density at radius 3 is 2.38 bits per heavy atom. The molecule has 29 heavy (non-hydrogen) atoms. The van der Waals surface area contributed by atoms with Crippen molar-refractivity contribution >= 4 is 29.9 Å². The number of aliphatic imine (C=N–C) groups is 1. The standard InChI is InChI=1S/C23H40N4O.HI/c1-4-24-23(25-14-6-5-7-19(2)3)26-17-20-8-10-21(11-9-20)18-27-15-12-22(28)13-16-27;/h8-11,19,22,28H,4-7,12-18H2,1-3H3,(H2,24,25,26);1H. The highest BCUT2D eigenvalue weighted by molar-refractivity contribution is 14.0. The van der Waals surface area contributed by atoms with E-state index >= 15 is 0 Å². The number of halogens is 1. The number of aliphatic hydroxyl groups is 1. The molecule has 0 saturated carbocycles. The predicted octanol–water partition coefficient (Wildman–Crippen LogP) is 4.14. The number of nitrogens with one attached hydrogen (secondary N) is 2. The van der Waals surface area contributed by atoms with Crippen LogP contribution in [-0.4, -0.2) is 48.2 Å². The van der Waals surface area contributed by atoms with E-state index in [9.17, 15) is 5.11 Å². The first kappa shape index (κ1) is 26.2.